The summed E-state index contributed by atoms with van der Waals surface area (Å²) in [5.41, 5.74) is 0.109. The molecule has 0 unspecified atom stereocenters. The van der Waals surface area contributed by atoms with Crippen LogP contribution in [0.4, 0.5) is 0 Å². The van der Waals surface area contributed by atoms with Crippen LogP contribution in [0.2, 0.25) is 0 Å². The molecule has 0 saturated heterocycles. The van der Waals surface area contributed by atoms with Crippen LogP contribution in [-0.4, -0.2) is 34.9 Å². The van der Waals surface area contributed by atoms with Crippen LogP contribution in [-0.2, 0) is 9.47 Å². The van der Waals surface area contributed by atoms with Crippen LogP contribution >= 0.6 is 0 Å². The number of hydrogen-bond acceptors (Lipinski definition) is 5. The van der Waals surface area contributed by atoms with E-state index in [4.69, 9.17) is 9.47 Å². The Morgan fingerprint density at radius 1 is 0.800 bits per heavy atom. The number of benzene rings is 2. The Bertz CT molecular complexity index is 1230. The smallest absolute Gasteiger partial charge is 0.338 e. The summed E-state index contributed by atoms with van der Waals surface area (Å²) >= 11 is 0. The van der Waals surface area contributed by atoms with Crippen LogP contribution in [0, 0.1) is 34.5 Å². The summed E-state index contributed by atoms with van der Waals surface area (Å²) < 4.78 is 11.9. The number of fused-ring (bicyclic) bond motifs is 5. The SMILES string of the molecule is C[C@H](OC(=O)c1ccccc1)[C@]1(O)CC[C@@H]2[C@@H]3CC[C@H]4C[C@H](OC(=O)c5ccccc5)CC[C@]4(C)[C@H]3CC[C@]21C. The monoisotopic (exact) mass is 544 g/mol. The van der Waals surface area contributed by atoms with E-state index >= 15 is 0 Å². The van der Waals surface area contributed by atoms with Crippen LogP contribution in [0.1, 0.15) is 99.3 Å². The Kier molecular flexibility index (Phi) is 7.09. The van der Waals surface area contributed by atoms with Crippen molar-refractivity contribution < 1.29 is 24.2 Å². The lowest BCUT2D eigenvalue weighted by molar-refractivity contribution is -0.187. The van der Waals surface area contributed by atoms with Gasteiger partial charge in [0.05, 0.1) is 11.1 Å². The fourth-order valence-corrected chi connectivity index (χ4v) is 9.74. The number of aliphatic hydroxyl groups is 1. The van der Waals surface area contributed by atoms with Gasteiger partial charge in [-0.1, -0.05) is 50.2 Å². The van der Waals surface area contributed by atoms with Crippen molar-refractivity contribution >= 4 is 11.9 Å². The number of rotatable bonds is 5. The van der Waals surface area contributed by atoms with Gasteiger partial charge in [-0.25, -0.2) is 9.59 Å². The first-order chi connectivity index (χ1) is 19.2. The quantitative estimate of drug-likeness (QED) is 0.402. The molecule has 214 valence electrons. The van der Waals surface area contributed by atoms with E-state index in [0.29, 0.717) is 41.2 Å². The molecule has 4 saturated carbocycles. The maximum atomic E-state index is 12.9. The third-order valence-electron chi connectivity index (χ3n) is 12.1. The minimum atomic E-state index is -1.02. The topological polar surface area (TPSA) is 72.8 Å². The van der Waals surface area contributed by atoms with Gasteiger partial charge in [-0.3, -0.25) is 0 Å². The van der Waals surface area contributed by atoms with Crippen LogP contribution < -0.4 is 0 Å². The molecule has 9 atom stereocenters. The summed E-state index contributed by atoms with van der Waals surface area (Å²) in [6.07, 6.45) is 8.44. The van der Waals surface area contributed by atoms with Crippen molar-refractivity contribution in [3.63, 3.8) is 0 Å². The van der Waals surface area contributed by atoms with Gasteiger partial charge in [-0.05, 0) is 118 Å². The van der Waals surface area contributed by atoms with E-state index in [-0.39, 0.29) is 28.9 Å². The fourth-order valence-electron chi connectivity index (χ4n) is 9.74. The van der Waals surface area contributed by atoms with Crippen LogP contribution in [0.5, 0.6) is 0 Å². The summed E-state index contributed by atoms with van der Waals surface area (Å²) in [4.78, 5) is 25.6. The molecule has 1 N–H and O–H groups in total. The van der Waals surface area contributed by atoms with Crippen molar-refractivity contribution in [1.82, 2.24) is 0 Å². The Morgan fingerprint density at radius 3 is 2.10 bits per heavy atom. The van der Waals surface area contributed by atoms with Crippen molar-refractivity contribution in [2.75, 3.05) is 0 Å². The lowest BCUT2D eigenvalue weighted by Gasteiger charge is -2.62. The molecule has 2 aromatic rings. The second-order valence-corrected chi connectivity index (χ2v) is 13.7. The molecule has 2 aromatic carbocycles. The molecular weight excluding hydrogens is 500 g/mol. The van der Waals surface area contributed by atoms with E-state index in [1.807, 2.05) is 55.5 Å². The number of carbonyl (C=O) groups is 2. The minimum absolute atomic E-state index is 0.00657. The largest absolute Gasteiger partial charge is 0.459 e. The first kappa shape index (κ1) is 27.5. The molecular formula is C35H44O5. The zero-order chi connectivity index (χ0) is 28.1. The fraction of sp³-hybridized carbons (Fsp3) is 0.600. The van der Waals surface area contributed by atoms with Gasteiger partial charge in [0.1, 0.15) is 17.8 Å². The standard InChI is InChI=1S/C35H44O5/c1-23(39-31(36)24-10-6-4-7-11-24)35(38)21-18-30-28-15-14-26-22-27(40-32(37)25-12-8-5-9-13-25)16-19-33(26,2)29(28)17-20-34(30,35)3/h4-13,23,26-30,38H,14-22H2,1-3H3/t23-,26-,27+,28+,29-,30+,33-,34+,35+/m0/s1. The molecule has 0 amide bonds. The summed E-state index contributed by atoms with van der Waals surface area (Å²) in [6, 6.07) is 18.4. The van der Waals surface area contributed by atoms with E-state index in [1.165, 1.54) is 6.42 Å². The summed E-state index contributed by atoms with van der Waals surface area (Å²) in [5, 5.41) is 12.2. The highest BCUT2D eigenvalue weighted by Crippen LogP contribution is 2.69. The lowest BCUT2D eigenvalue weighted by atomic mass is 9.44. The van der Waals surface area contributed by atoms with E-state index in [9.17, 15) is 14.7 Å². The van der Waals surface area contributed by atoms with Crippen molar-refractivity contribution in [1.29, 1.82) is 0 Å². The second kappa shape index (κ2) is 10.3. The molecule has 0 spiro atoms. The number of esters is 2. The van der Waals surface area contributed by atoms with Crippen LogP contribution in [0.3, 0.4) is 0 Å². The second-order valence-electron chi connectivity index (χ2n) is 13.7. The molecule has 4 fully saturated rings. The predicted octanol–water partition coefficient (Wildman–Crippen LogP) is 7.23. The molecule has 0 aromatic heterocycles. The van der Waals surface area contributed by atoms with Gasteiger partial charge in [0, 0.05) is 5.41 Å². The molecule has 4 aliphatic rings. The van der Waals surface area contributed by atoms with Crippen LogP contribution in [0.25, 0.3) is 0 Å². The Hall–Kier alpha value is -2.66. The highest BCUT2D eigenvalue weighted by molar-refractivity contribution is 5.89. The summed E-state index contributed by atoms with van der Waals surface area (Å²) in [6.45, 7) is 6.65. The van der Waals surface area contributed by atoms with Crippen LogP contribution in [0.15, 0.2) is 60.7 Å². The first-order valence-electron chi connectivity index (χ1n) is 15.4. The normalized spacial score (nSPS) is 39.2. The number of hydrogen-bond donors (Lipinski definition) is 1. The molecule has 0 bridgehead atoms. The highest BCUT2D eigenvalue weighted by Gasteiger charge is 2.66. The average molecular weight is 545 g/mol. The maximum Gasteiger partial charge on any atom is 0.338 e. The predicted molar refractivity (Wildman–Crippen MR) is 154 cm³/mol. The molecule has 4 aliphatic carbocycles. The zero-order valence-corrected chi connectivity index (χ0v) is 24.2. The third kappa shape index (κ3) is 4.40. The van der Waals surface area contributed by atoms with Gasteiger partial charge in [-0.2, -0.15) is 0 Å². The summed E-state index contributed by atoms with van der Waals surface area (Å²) in [7, 11) is 0. The number of carbonyl (C=O) groups excluding carboxylic acids is 2. The molecule has 6 rings (SSSR count). The van der Waals surface area contributed by atoms with Gasteiger partial charge >= 0.3 is 11.9 Å². The highest BCUT2D eigenvalue weighted by atomic mass is 16.6. The van der Waals surface area contributed by atoms with E-state index in [2.05, 4.69) is 13.8 Å². The Balaban J connectivity index is 1.14. The maximum absolute atomic E-state index is 12.9. The Labute approximate surface area is 238 Å². The van der Waals surface area contributed by atoms with Crippen molar-refractivity contribution in [3.8, 4) is 0 Å². The van der Waals surface area contributed by atoms with Crippen molar-refractivity contribution in [3.05, 3.63) is 71.8 Å². The van der Waals surface area contributed by atoms with Gasteiger partial charge < -0.3 is 14.6 Å². The molecule has 40 heavy (non-hydrogen) atoms. The van der Waals surface area contributed by atoms with Crippen molar-refractivity contribution in [2.45, 2.75) is 96.4 Å². The van der Waals surface area contributed by atoms with Gasteiger partial charge in [0.2, 0.25) is 0 Å². The molecule has 5 nitrogen and oxygen atoms in total. The molecule has 0 heterocycles. The number of ether oxygens (including phenoxy) is 2. The van der Waals surface area contributed by atoms with Gasteiger partial charge in [-0.15, -0.1) is 0 Å². The van der Waals surface area contributed by atoms with E-state index in [1.54, 1.807) is 12.1 Å². The van der Waals surface area contributed by atoms with E-state index < -0.39 is 11.7 Å². The summed E-state index contributed by atoms with van der Waals surface area (Å²) in [5.74, 6) is 1.63. The van der Waals surface area contributed by atoms with Crippen molar-refractivity contribution in [2.24, 2.45) is 34.5 Å². The van der Waals surface area contributed by atoms with Gasteiger partial charge in [0.15, 0.2) is 0 Å². The zero-order valence-electron chi connectivity index (χ0n) is 24.2. The third-order valence-corrected chi connectivity index (χ3v) is 12.1. The molecule has 0 radical (unpaired) electrons. The molecule has 5 heteroatoms. The van der Waals surface area contributed by atoms with Gasteiger partial charge in [0.25, 0.3) is 0 Å². The average Bonchev–Trinajstić information content (AvgIpc) is 3.25. The lowest BCUT2D eigenvalue weighted by Crippen LogP contribution is -2.60. The molecule has 0 aliphatic heterocycles. The Morgan fingerprint density at radius 2 is 1.43 bits per heavy atom. The minimum Gasteiger partial charge on any atom is -0.459 e. The first-order valence-corrected chi connectivity index (χ1v) is 15.4. The van der Waals surface area contributed by atoms with E-state index in [0.717, 1.165) is 44.9 Å².